The van der Waals surface area contributed by atoms with Gasteiger partial charge in [0, 0.05) is 11.8 Å². The van der Waals surface area contributed by atoms with Gasteiger partial charge < -0.3 is 14.2 Å². The summed E-state index contributed by atoms with van der Waals surface area (Å²) in [6, 6.07) is 20.5. The minimum absolute atomic E-state index is 0.287. The Kier molecular flexibility index (Phi) is 16.4. The molecule has 5 heteroatoms. The van der Waals surface area contributed by atoms with Crippen molar-refractivity contribution in [2.75, 3.05) is 11.8 Å². The van der Waals surface area contributed by atoms with Crippen molar-refractivity contribution in [2.24, 2.45) is 0 Å². The molecule has 0 heterocycles. The number of benzene rings is 2. The predicted molar refractivity (Wildman–Crippen MR) is 139 cm³/mol. The summed E-state index contributed by atoms with van der Waals surface area (Å²) in [5.41, 5.74) is 2.30. The molecular weight excluding hydrogens is 455 g/mol. The molecule has 2 atom stereocenters. The van der Waals surface area contributed by atoms with E-state index in [1.807, 2.05) is 36.4 Å². The lowest BCUT2D eigenvalue weighted by Crippen LogP contribution is -2.27. The van der Waals surface area contributed by atoms with Crippen LogP contribution in [0.4, 0.5) is 0 Å². The molecular formula is C28H40Cl2O3. The summed E-state index contributed by atoms with van der Waals surface area (Å²) in [5.74, 6) is 1.45. The molecule has 0 bridgehead atoms. The highest BCUT2D eigenvalue weighted by atomic mass is 35.5. The molecule has 3 nitrogen and oxygen atoms in total. The second-order valence-corrected chi connectivity index (χ2v) is 9.13. The summed E-state index contributed by atoms with van der Waals surface area (Å²) in [6.07, 6.45) is 9.91. The molecule has 0 saturated carbocycles. The fourth-order valence-corrected chi connectivity index (χ4v) is 3.97. The first-order valence-corrected chi connectivity index (χ1v) is 13.5. The first-order valence-electron chi connectivity index (χ1n) is 12.4. The van der Waals surface area contributed by atoms with Crippen LogP contribution in [0, 0.1) is 0 Å². The van der Waals surface area contributed by atoms with Gasteiger partial charge in [0.15, 0.2) is 12.6 Å². The standard InChI is InChI=1S/C28H40Cl2O3/c29-21-13-3-1-11-19-27(31-23-25-15-7-5-8-16-25)33-28(20-12-2-4-14-22-30)32-24-26-17-9-6-10-18-26/h5-10,15-18,27-28H,1-4,11-14,19-24H2. The van der Waals surface area contributed by atoms with Crippen LogP contribution in [0.25, 0.3) is 0 Å². The van der Waals surface area contributed by atoms with Crippen LogP contribution in [0.5, 0.6) is 0 Å². The zero-order chi connectivity index (χ0) is 23.4. The van der Waals surface area contributed by atoms with Gasteiger partial charge in [0.1, 0.15) is 0 Å². The van der Waals surface area contributed by atoms with E-state index in [0.29, 0.717) is 13.2 Å². The lowest BCUT2D eigenvalue weighted by Gasteiger charge is -2.26. The van der Waals surface area contributed by atoms with Gasteiger partial charge >= 0.3 is 0 Å². The van der Waals surface area contributed by atoms with Crippen LogP contribution in [-0.4, -0.2) is 24.3 Å². The topological polar surface area (TPSA) is 27.7 Å². The van der Waals surface area contributed by atoms with E-state index in [2.05, 4.69) is 24.3 Å². The number of unbranched alkanes of at least 4 members (excludes halogenated alkanes) is 6. The summed E-state index contributed by atoms with van der Waals surface area (Å²) in [5, 5.41) is 0. The highest BCUT2D eigenvalue weighted by molar-refractivity contribution is 6.18. The van der Waals surface area contributed by atoms with Crippen molar-refractivity contribution in [3.63, 3.8) is 0 Å². The molecule has 0 aromatic heterocycles. The quantitative estimate of drug-likeness (QED) is 0.105. The Morgan fingerprint density at radius 2 is 0.909 bits per heavy atom. The summed E-state index contributed by atoms with van der Waals surface area (Å²) < 4.78 is 18.8. The van der Waals surface area contributed by atoms with Crippen molar-refractivity contribution in [3.05, 3.63) is 71.8 Å². The van der Waals surface area contributed by atoms with E-state index < -0.39 is 0 Å². The molecule has 2 unspecified atom stereocenters. The SMILES string of the molecule is ClCCCCCCC(OCc1ccccc1)OC(CCCCCCCl)OCc1ccccc1. The van der Waals surface area contributed by atoms with E-state index in [4.69, 9.17) is 37.4 Å². The maximum atomic E-state index is 6.41. The smallest absolute Gasteiger partial charge is 0.161 e. The Morgan fingerprint density at radius 1 is 0.515 bits per heavy atom. The van der Waals surface area contributed by atoms with Gasteiger partial charge in [0.25, 0.3) is 0 Å². The first kappa shape index (κ1) is 28.1. The van der Waals surface area contributed by atoms with Crippen molar-refractivity contribution in [2.45, 2.75) is 90.0 Å². The summed E-state index contributed by atoms with van der Waals surface area (Å²) in [4.78, 5) is 0. The van der Waals surface area contributed by atoms with Gasteiger partial charge in [-0.3, -0.25) is 0 Å². The lowest BCUT2D eigenvalue weighted by atomic mass is 10.1. The molecule has 0 radical (unpaired) electrons. The van der Waals surface area contributed by atoms with Gasteiger partial charge in [0.05, 0.1) is 13.2 Å². The maximum absolute atomic E-state index is 6.41. The third kappa shape index (κ3) is 14.0. The van der Waals surface area contributed by atoms with Crippen molar-refractivity contribution in [3.8, 4) is 0 Å². The minimum Gasteiger partial charge on any atom is -0.348 e. The lowest BCUT2D eigenvalue weighted by molar-refractivity contribution is -0.256. The normalized spacial score (nSPS) is 13.2. The molecule has 2 rings (SSSR count). The molecule has 0 amide bonds. The molecule has 2 aromatic rings. The number of hydrogen-bond donors (Lipinski definition) is 0. The number of hydrogen-bond acceptors (Lipinski definition) is 3. The van der Waals surface area contributed by atoms with E-state index >= 15 is 0 Å². The Hall–Kier alpha value is -1.10. The van der Waals surface area contributed by atoms with Crippen LogP contribution in [0.1, 0.15) is 75.3 Å². The van der Waals surface area contributed by atoms with Gasteiger partial charge in [-0.1, -0.05) is 86.3 Å². The average Bonchev–Trinajstić information content (AvgIpc) is 2.86. The van der Waals surface area contributed by atoms with Gasteiger partial charge in [-0.15, -0.1) is 23.2 Å². The molecule has 33 heavy (non-hydrogen) atoms. The van der Waals surface area contributed by atoms with E-state index in [0.717, 1.165) is 87.1 Å². The molecule has 0 saturated heterocycles. The summed E-state index contributed by atoms with van der Waals surface area (Å²) >= 11 is 11.6. The fourth-order valence-electron chi connectivity index (χ4n) is 3.60. The van der Waals surface area contributed by atoms with Crippen molar-refractivity contribution in [1.29, 1.82) is 0 Å². The van der Waals surface area contributed by atoms with Gasteiger partial charge in [0.2, 0.25) is 0 Å². The molecule has 0 fully saturated rings. The molecule has 0 N–H and O–H groups in total. The molecule has 0 aliphatic carbocycles. The highest BCUT2D eigenvalue weighted by Crippen LogP contribution is 2.19. The van der Waals surface area contributed by atoms with E-state index in [-0.39, 0.29) is 12.6 Å². The predicted octanol–water partition coefficient (Wildman–Crippen LogP) is 8.47. The largest absolute Gasteiger partial charge is 0.348 e. The van der Waals surface area contributed by atoms with Crippen LogP contribution in [0.3, 0.4) is 0 Å². The number of ether oxygens (including phenoxy) is 3. The summed E-state index contributed by atoms with van der Waals surface area (Å²) in [7, 11) is 0. The van der Waals surface area contributed by atoms with E-state index in [1.54, 1.807) is 0 Å². The average molecular weight is 496 g/mol. The Balaban J connectivity index is 1.92. The number of alkyl halides is 2. The third-order valence-corrected chi connectivity index (χ3v) is 6.04. The maximum Gasteiger partial charge on any atom is 0.161 e. The van der Waals surface area contributed by atoms with Gasteiger partial charge in [-0.2, -0.15) is 0 Å². The summed E-state index contributed by atoms with van der Waals surface area (Å²) in [6.45, 7) is 1.07. The molecule has 0 aliphatic heterocycles. The van der Waals surface area contributed by atoms with Crippen LogP contribution in [0.15, 0.2) is 60.7 Å². The molecule has 2 aromatic carbocycles. The first-order chi connectivity index (χ1) is 16.3. The zero-order valence-electron chi connectivity index (χ0n) is 19.8. The Morgan fingerprint density at radius 3 is 1.30 bits per heavy atom. The van der Waals surface area contributed by atoms with Crippen molar-refractivity contribution in [1.82, 2.24) is 0 Å². The molecule has 0 aliphatic rings. The minimum atomic E-state index is -0.287. The molecule has 184 valence electrons. The second kappa shape index (κ2) is 19.2. The monoisotopic (exact) mass is 494 g/mol. The Labute approximate surface area is 210 Å². The van der Waals surface area contributed by atoms with Crippen LogP contribution >= 0.6 is 23.2 Å². The van der Waals surface area contributed by atoms with Gasteiger partial charge in [-0.05, 0) is 49.7 Å². The van der Waals surface area contributed by atoms with Crippen LogP contribution in [0.2, 0.25) is 0 Å². The molecule has 0 spiro atoms. The fraction of sp³-hybridized carbons (Fsp3) is 0.571. The van der Waals surface area contributed by atoms with Crippen LogP contribution < -0.4 is 0 Å². The van der Waals surface area contributed by atoms with Crippen molar-refractivity contribution < 1.29 is 14.2 Å². The van der Waals surface area contributed by atoms with Gasteiger partial charge in [-0.25, -0.2) is 0 Å². The number of halogens is 2. The Bertz CT molecular complexity index is 625. The van der Waals surface area contributed by atoms with Crippen molar-refractivity contribution >= 4 is 23.2 Å². The number of rotatable bonds is 20. The highest BCUT2D eigenvalue weighted by Gasteiger charge is 2.18. The zero-order valence-corrected chi connectivity index (χ0v) is 21.3. The van der Waals surface area contributed by atoms with E-state index in [1.165, 1.54) is 0 Å². The third-order valence-electron chi connectivity index (χ3n) is 5.51. The van der Waals surface area contributed by atoms with Crippen LogP contribution in [-0.2, 0) is 27.4 Å². The van der Waals surface area contributed by atoms with E-state index in [9.17, 15) is 0 Å². The second-order valence-electron chi connectivity index (χ2n) is 8.37.